The summed E-state index contributed by atoms with van der Waals surface area (Å²) in [7, 11) is 1.52. The monoisotopic (exact) mass is 207 g/mol. The molecule has 1 heterocycles. The van der Waals surface area contributed by atoms with Gasteiger partial charge < -0.3 is 4.74 Å². The molecule has 70 valence electrons. The Labute approximate surface area is 84.2 Å². The van der Waals surface area contributed by atoms with E-state index in [-0.39, 0.29) is 5.82 Å². The average molecular weight is 207 g/mol. The summed E-state index contributed by atoms with van der Waals surface area (Å²) in [4.78, 5) is 0.489. The molecular weight excluding hydrogens is 201 g/mol. The Balaban J connectivity index is 2.83. The second-order valence-corrected chi connectivity index (χ2v) is 3.77. The highest BCUT2D eigenvalue weighted by molar-refractivity contribution is 7.19. The molecule has 14 heavy (non-hydrogen) atoms. The van der Waals surface area contributed by atoms with Crippen molar-refractivity contribution in [2.24, 2.45) is 0 Å². The molecule has 4 heteroatoms. The zero-order chi connectivity index (χ0) is 10.1. The first-order valence-electron chi connectivity index (χ1n) is 3.92. The number of rotatable bonds is 1. The van der Waals surface area contributed by atoms with Gasteiger partial charge in [0.2, 0.25) is 0 Å². The van der Waals surface area contributed by atoms with Crippen LogP contribution in [0, 0.1) is 17.1 Å². The van der Waals surface area contributed by atoms with Crippen molar-refractivity contribution < 1.29 is 9.13 Å². The Bertz CT molecular complexity index is 527. The number of halogens is 1. The summed E-state index contributed by atoms with van der Waals surface area (Å²) in [6, 6.07) is 6.54. The molecule has 1 aromatic carbocycles. The number of fused-ring (bicyclic) bond motifs is 1. The highest BCUT2D eigenvalue weighted by atomic mass is 32.1. The molecule has 2 aromatic rings. The van der Waals surface area contributed by atoms with E-state index in [2.05, 4.69) is 0 Å². The molecule has 0 unspecified atom stereocenters. The summed E-state index contributed by atoms with van der Waals surface area (Å²) in [5.41, 5.74) is 0. The van der Waals surface area contributed by atoms with E-state index in [1.165, 1.54) is 13.2 Å². The average Bonchev–Trinajstić information content (AvgIpc) is 2.63. The van der Waals surface area contributed by atoms with Crippen LogP contribution in [-0.2, 0) is 0 Å². The number of hydrogen-bond acceptors (Lipinski definition) is 3. The topological polar surface area (TPSA) is 33.0 Å². The molecule has 0 saturated carbocycles. The summed E-state index contributed by atoms with van der Waals surface area (Å²) in [5, 5.41) is 9.35. The van der Waals surface area contributed by atoms with Gasteiger partial charge in [-0.1, -0.05) is 0 Å². The van der Waals surface area contributed by atoms with Crippen LogP contribution >= 0.6 is 11.3 Å². The second-order valence-electron chi connectivity index (χ2n) is 2.71. The van der Waals surface area contributed by atoms with E-state index in [0.717, 1.165) is 11.3 Å². The third-order valence-corrected chi connectivity index (χ3v) is 2.97. The number of methoxy groups -OCH3 is 1. The zero-order valence-corrected chi connectivity index (χ0v) is 8.19. The fourth-order valence-electron chi connectivity index (χ4n) is 1.30. The fourth-order valence-corrected chi connectivity index (χ4v) is 2.18. The van der Waals surface area contributed by atoms with Gasteiger partial charge in [0.05, 0.1) is 11.8 Å². The maximum Gasteiger partial charge on any atom is 0.141 e. The molecule has 2 nitrogen and oxygen atoms in total. The van der Waals surface area contributed by atoms with Crippen molar-refractivity contribution in [2.75, 3.05) is 7.11 Å². The maximum atomic E-state index is 13.3. The number of hydrogen-bond donors (Lipinski definition) is 0. The summed E-state index contributed by atoms with van der Waals surface area (Å²) in [5.74, 6) is 0.284. The smallest absolute Gasteiger partial charge is 0.141 e. The third-order valence-electron chi connectivity index (χ3n) is 1.93. The fraction of sp³-hybridized carbons (Fsp3) is 0.100. The van der Waals surface area contributed by atoms with Gasteiger partial charge in [-0.2, -0.15) is 5.26 Å². The summed E-state index contributed by atoms with van der Waals surface area (Å²) >= 11 is 1.14. The van der Waals surface area contributed by atoms with Crippen molar-refractivity contribution in [1.29, 1.82) is 5.26 Å². The van der Waals surface area contributed by atoms with E-state index in [4.69, 9.17) is 10.00 Å². The van der Waals surface area contributed by atoms with Crippen molar-refractivity contribution in [2.45, 2.75) is 0 Å². The minimum atomic E-state index is -0.313. The number of ether oxygens (including phenoxy) is 1. The van der Waals surface area contributed by atoms with Gasteiger partial charge in [0.15, 0.2) is 0 Å². The van der Waals surface area contributed by atoms with Crippen molar-refractivity contribution in [1.82, 2.24) is 0 Å². The molecule has 0 amide bonds. The van der Waals surface area contributed by atoms with Gasteiger partial charge in [0.1, 0.15) is 22.5 Å². The lowest BCUT2D eigenvalue weighted by atomic mass is 10.2. The lowest BCUT2D eigenvalue weighted by Crippen LogP contribution is -1.83. The van der Waals surface area contributed by atoms with Crippen LogP contribution in [0.15, 0.2) is 18.2 Å². The van der Waals surface area contributed by atoms with Crippen LogP contribution in [0.5, 0.6) is 5.75 Å². The molecular formula is C10H6FNOS. The van der Waals surface area contributed by atoms with Gasteiger partial charge in [0, 0.05) is 5.39 Å². The van der Waals surface area contributed by atoms with Crippen LogP contribution < -0.4 is 4.74 Å². The molecule has 0 fully saturated rings. The van der Waals surface area contributed by atoms with Crippen LogP contribution in [0.3, 0.4) is 0 Å². The Morgan fingerprint density at radius 2 is 2.29 bits per heavy atom. The van der Waals surface area contributed by atoms with E-state index in [0.29, 0.717) is 20.7 Å². The van der Waals surface area contributed by atoms with Crippen molar-refractivity contribution in [3.63, 3.8) is 0 Å². The predicted octanol–water partition coefficient (Wildman–Crippen LogP) is 2.92. The van der Waals surface area contributed by atoms with E-state index in [1.54, 1.807) is 12.1 Å². The van der Waals surface area contributed by atoms with Gasteiger partial charge in [-0.25, -0.2) is 4.39 Å². The zero-order valence-electron chi connectivity index (χ0n) is 7.37. The van der Waals surface area contributed by atoms with Crippen molar-refractivity contribution >= 4 is 21.4 Å². The highest BCUT2D eigenvalue weighted by Gasteiger charge is 2.10. The maximum absolute atomic E-state index is 13.3. The van der Waals surface area contributed by atoms with Crippen molar-refractivity contribution in [3.05, 3.63) is 28.9 Å². The molecule has 0 aliphatic carbocycles. The van der Waals surface area contributed by atoms with Gasteiger partial charge in [-0.05, 0) is 18.2 Å². The molecule has 0 radical (unpaired) electrons. The van der Waals surface area contributed by atoms with Gasteiger partial charge in [-0.15, -0.1) is 11.3 Å². The van der Waals surface area contributed by atoms with Gasteiger partial charge in [0.25, 0.3) is 0 Å². The summed E-state index contributed by atoms with van der Waals surface area (Å²) in [6.07, 6.45) is 0. The third kappa shape index (κ3) is 1.22. The van der Waals surface area contributed by atoms with Crippen LogP contribution in [0.25, 0.3) is 10.1 Å². The van der Waals surface area contributed by atoms with E-state index >= 15 is 0 Å². The lowest BCUT2D eigenvalue weighted by molar-refractivity contribution is 0.419. The largest absolute Gasteiger partial charge is 0.496 e. The van der Waals surface area contributed by atoms with Gasteiger partial charge >= 0.3 is 0 Å². The molecule has 0 aliphatic rings. The minimum absolute atomic E-state index is 0.313. The van der Waals surface area contributed by atoms with E-state index < -0.39 is 0 Å². The molecule has 0 atom stereocenters. The molecule has 0 spiro atoms. The van der Waals surface area contributed by atoms with Crippen molar-refractivity contribution in [3.8, 4) is 11.8 Å². The second kappa shape index (κ2) is 3.28. The van der Waals surface area contributed by atoms with E-state index in [1.807, 2.05) is 6.07 Å². The minimum Gasteiger partial charge on any atom is -0.496 e. The van der Waals surface area contributed by atoms with Gasteiger partial charge in [-0.3, -0.25) is 0 Å². The predicted molar refractivity (Wildman–Crippen MR) is 53.1 cm³/mol. The molecule has 0 aliphatic heterocycles. The Hall–Kier alpha value is -1.60. The normalized spacial score (nSPS) is 10.1. The number of thiophene rings is 1. The molecule has 2 rings (SSSR count). The Morgan fingerprint density at radius 3 is 2.93 bits per heavy atom. The van der Waals surface area contributed by atoms with Crippen LogP contribution in [0.2, 0.25) is 0 Å². The number of nitrogens with zero attached hydrogens (tertiary/aromatic N) is 1. The SMILES string of the molecule is COc1ccc(F)c2sc(C#N)cc12. The molecule has 1 aromatic heterocycles. The number of nitriles is 1. The van der Waals surface area contributed by atoms with Crippen LogP contribution in [0.4, 0.5) is 4.39 Å². The Morgan fingerprint density at radius 1 is 1.50 bits per heavy atom. The quantitative estimate of drug-likeness (QED) is 0.720. The molecule has 0 N–H and O–H groups in total. The lowest BCUT2D eigenvalue weighted by Gasteiger charge is -2.00. The standard InChI is InChI=1S/C10H6FNOS/c1-13-9-3-2-8(11)10-7(9)4-6(5-12)14-10/h2-4H,1H3. The summed E-state index contributed by atoms with van der Waals surface area (Å²) in [6.45, 7) is 0. The first-order valence-corrected chi connectivity index (χ1v) is 4.74. The molecule has 0 bridgehead atoms. The Kier molecular flexibility index (Phi) is 2.10. The summed E-state index contributed by atoms with van der Waals surface area (Å²) < 4.78 is 18.8. The van der Waals surface area contributed by atoms with Crippen LogP contribution in [0.1, 0.15) is 4.88 Å². The van der Waals surface area contributed by atoms with Crippen LogP contribution in [-0.4, -0.2) is 7.11 Å². The number of benzene rings is 1. The highest BCUT2D eigenvalue weighted by Crippen LogP contribution is 2.34. The first kappa shape index (κ1) is 8.97. The molecule has 0 saturated heterocycles. The van der Waals surface area contributed by atoms with E-state index in [9.17, 15) is 4.39 Å². The first-order chi connectivity index (χ1) is 6.76.